The van der Waals surface area contributed by atoms with Gasteiger partial charge in [0, 0.05) is 0 Å². The molecule has 178 valence electrons. The molecule has 4 rings (SSSR count). The highest BCUT2D eigenvalue weighted by Gasteiger charge is 2.56. The molecule has 4 aromatic carbocycles. The van der Waals surface area contributed by atoms with Gasteiger partial charge in [-0.25, -0.2) is 10.2 Å². The number of hydrazine groups is 1. The summed E-state index contributed by atoms with van der Waals surface area (Å²) in [6.07, 6.45) is -4.97. The first-order valence-electron chi connectivity index (χ1n) is 10.8. The number of halogens is 4. The summed E-state index contributed by atoms with van der Waals surface area (Å²) in [5, 5.41) is 13.6. The van der Waals surface area contributed by atoms with Crippen molar-refractivity contribution < 1.29 is 22.7 Å². The Morgan fingerprint density at radius 1 is 0.765 bits per heavy atom. The van der Waals surface area contributed by atoms with Crippen molar-refractivity contribution in [3.63, 3.8) is 0 Å². The summed E-state index contributed by atoms with van der Waals surface area (Å²) in [7, 11) is 0. The highest BCUT2D eigenvalue weighted by atomic mass is 19.4. The Hall–Kier alpha value is -3.42. The quantitative estimate of drug-likeness (QED) is 0.190. The van der Waals surface area contributed by atoms with E-state index in [0.29, 0.717) is 22.3 Å². The lowest BCUT2D eigenvalue weighted by Crippen LogP contribution is -2.43. The van der Waals surface area contributed by atoms with Crippen LogP contribution in [0.1, 0.15) is 30.5 Å². The van der Waals surface area contributed by atoms with Gasteiger partial charge in [0.05, 0.1) is 11.4 Å². The average Bonchev–Trinajstić information content (AvgIpc) is 2.83. The normalized spacial score (nSPS) is 13.1. The third-order valence-corrected chi connectivity index (χ3v) is 5.56. The maximum atomic E-state index is 14.2. The van der Waals surface area contributed by atoms with Crippen molar-refractivity contribution >= 4 is 22.1 Å². The van der Waals surface area contributed by atoms with E-state index in [4.69, 9.17) is 5.84 Å². The number of nitrogens with zero attached hydrogens (tertiary/aromatic N) is 1. The second kappa shape index (κ2) is 9.83. The molecule has 0 spiro atoms. The van der Waals surface area contributed by atoms with E-state index in [1.165, 1.54) is 59.6 Å². The molecule has 0 aliphatic heterocycles. The molecule has 34 heavy (non-hydrogen) atoms. The number of hydrogen-bond acceptors (Lipinski definition) is 3. The Labute approximate surface area is 196 Å². The minimum atomic E-state index is -4.97. The third-order valence-electron chi connectivity index (χ3n) is 5.56. The van der Waals surface area contributed by atoms with Crippen molar-refractivity contribution in [1.29, 1.82) is 0 Å². The van der Waals surface area contributed by atoms with Gasteiger partial charge in [-0.15, -0.1) is 0 Å². The van der Waals surface area contributed by atoms with Gasteiger partial charge < -0.3 is 5.11 Å². The Kier molecular flexibility index (Phi) is 7.29. The fourth-order valence-corrected chi connectivity index (χ4v) is 3.80. The number of aliphatic hydroxyl groups is 1. The summed E-state index contributed by atoms with van der Waals surface area (Å²) in [6.45, 7) is 5.60. The number of rotatable bonds is 4. The highest BCUT2D eigenvalue weighted by Crippen LogP contribution is 2.45. The maximum absolute atomic E-state index is 14.2. The molecule has 0 aliphatic rings. The summed E-state index contributed by atoms with van der Waals surface area (Å²) in [4.78, 5) is 0. The molecule has 0 fully saturated rings. The minimum absolute atomic E-state index is 0.279. The van der Waals surface area contributed by atoms with Crippen molar-refractivity contribution in [2.75, 3.05) is 5.01 Å². The molecule has 0 saturated heterocycles. The van der Waals surface area contributed by atoms with Crippen LogP contribution in [0.2, 0.25) is 0 Å². The zero-order valence-electron chi connectivity index (χ0n) is 19.1. The summed E-state index contributed by atoms with van der Waals surface area (Å²) in [5.74, 6) is 5.68. The molecule has 7 heteroatoms. The molecular weight excluding hydrogens is 444 g/mol. The van der Waals surface area contributed by atoms with Crippen molar-refractivity contribution in [1.82, 2.24) is 0 Å². The summed E-state index contributed by atoms with van der Waals surface area (Å²) in [5.41, 5.74) is -2.52. The van der Waals surface area contributed by atoms with E-state index in [-0.39, 0.29) is 11.1 Å². The second-order valence-electron chi connectivity index (χ2n) is 7.62. The molecule has 0 aromatic heterocycles. The van der Waals surface area contributed by atoms with Gasteiger partial charge in [-0.1, -0.05) is 62.4 Å². The van der Waals surface area contributed by atoms with E-state index in [9.17, 15) is 22.7 Å². The first kappa shape index (κ1) is 25.2. The summed E-state index contributed by atoms with van der Waals surface area (Å²) >= 11 is 0. The van der Waals surface area contributed by atoms with Crippen LogP contribution in [0.3, 0.4) is 0 Å². The van der Waals surface area contributed by atoms with Gasteiger partial charge in [-0.3, -0.25) is 5.01 Å². The van der Waals surface area contributed by atoms with E-state index in [1.54, 1.807) is 37.3 Å². The lowest BCUT2D eigenvalue weighted by Gasteiger charge is -2.32. The molecule has 1 atom stereocenters. The Balaban J connectivity index is 0.00000158. The van der Waals surface area contributed by atoms with Gasteiger partial charge in [-0.05, 0) is 70.8 Å². The average molecular weight is 471 g/mol. The largest absolute Gasteiger partial charge is 0.425 e. The fourth-order valence-electron chi connectivity index (χ4n) is 3.80. The first-order valence-corrected chi connectivity index (χ1v) is 10.8. The maximum Gasteiger partial charge on any atom is 0.425 e. The molecule has 0 bridgehead atoms. The SMILES string of the molecule is CC.Cc1cc(C(O)(c2ccc3ccccc3c2)C(F)(F)F)ccc1N(N)c1ccc(F)cc1. The molecule has 3 N–H and O–H groups in total. The smallest absolute Gasteiger partial charge is 0.372 e. The highest BCUT2D eigenvalue weighted by molar-refractivity contribution is 5.83. The van der Waals surface area contributed by atoms with E-state index in [0.717, 1.165) is 5.39 Å². The predicted molar refractivity (Wildman–Crippen MR) is 128 cm³/mol. The van der Waals surface area contributed by atoms with Crippen LogP contribution in [0.4, 0.5) is 28.9 Å². The number of aryl methyl sites for hydroxylation is 1. The third kappa shape index (κ3) is 4.62. The van der Waals surface area contributed by atoms with Crippen LogP contribution < -0.4 is 10.9 Å². The van der Waals surface area contributed by atoms with E-state index in [2.05, 4.69) is 0 Å². The molecular formula is C27H26F4N2O. The van der Waals surface area contributed by atoms with Gasteiger partial charge in [0.2, 0.25) is 5.60 Å². The van der Waals surface area contributed by atoms with Crippen LogP contribution in [-0.4, -0.2) is 11.3 Å². The standard InChI is InChI=1S/C25H20F4N2O.C2H6/c1-16-14-19(8-13-23(16)31(30)22-11-9-21(26)10-12-22)24(32,25(27,28)29)20-7-6-17-4-2-3-5-18(17)15-20;1-2/h2-15,32H,30H2,1H3;1-2H3. The number of benzene rings is 4. The van der Waals surface area contributed by atoms with Crippen LogP contribution in [0.5, 0.6) is 0 Å². The number of alkyl halides is 3. The van der Waals surface area contributed by atoms with Crippen molar-refractivity contribution in [3.8, 4) is 0 Å². The monoisotopic (exact) mass is 470 g/mol. The fraction of sp³-hybridized carbons (Fsp3) is 0.185. The molecule has 3 nitrogen and oxygen atoms in total. The van der Waals surface area contributed by atoms with Gasteiger partial charge in [0.1, 0.15) is 5.82 Å². The molecule has 0 amide bonds. The number of fused-ring (bicyclic) bond motifs is 1. The van der Waals surface area contributed by atoms with E-state index < -0.39 is 17.6 Å². The van der Waals surface area contributed by atoms with Crippen LogP contribution >= 0.6 is 0 Å². The Bertz CT molecular complexity index is 1270. The van der Waals surface area contributed by atoms with Gasteiger partial charge >= 0.3 is 6.18 Å². The van der Waals surface area contributed by atoms with Crippen LogP contribution in [0.25, 0.3) is 10.8 Å². The zero-order chi connectivity index (χ0) is 25.1. The molecule has 0 heterocycles. The Morgan fingerprint density at radius 2 is 1.32 bits per heavy atom. The van der Waals surface area contributed by atoms with Gasteiger partial charge in [0.25, 0.3) is 0 Å². The van der Waals surface area contributed by atoms with Crippen LogP contribution in [0.15, 0.2) is 84.9 Å². The topological polar surface area (TPSA) is 49.5 Å². The summed E-state index contributed by atoms with van der Waals surface area (Å²) in [6, 6.07) is 20.5. The Morgan fingerprint density at radius 3 is 1.91 bits per heavy atom. The van der Waals surface area contributed by atoms with Crippen molar-refractivity contribution in [2.45, 2.75) is 32.5 Å². The molecule has 0 radical (unpaired) electrons. The van der Waals surface area contributed by atoms with E-state index >= 15 is 0 Å². The summed E-state index contributed by atoms with van der Waals surface area (Å²) < 4.78 is 55.9. The second-order valence-corrected chi connectivity index (χ2v) is 7.62. The van der Waals surface area contributed by atoms with Crippen molar-refractivity contribution in [3.05, 3.63) is 107 Å². The van der Waals surface area contributed by atoms with Gasteiger partial charge in [0.15, 0.2) is 0 Å². The minimum Gasteiger partial charge on any atom is -0.372 e. The molecule has 1 unspecified atom stereocenters. The first-order chi connectivity index (χ1) is 16.1. The van der Waals surface area contributed by atoms with Gasteiger partial charge in [-0.2, -0.15) is 13.2 Å². The lowest BCUT2D eigenvalue weighted by molar-refractivity contribution is -0.248. The molecule has 0 aliphatic carbocycles. The van der Waals surface area contributed by atoms with Crippen LogP contribution in [-0.2, 0) is 5.60 Å². The predicted octanol–water partition coefficient (Wildman–Crippen LogP) is 7.12. The number of anilines is 2. The molecule has 0 saturated carbocycles. The lowest BCUT2D eigenvalue weighted by atomic mass is 9.84. The zero-order valence-corrected chi connectivity index (χ0v) is 19.1. The number of nitrogens with two attached hydrogens (primary N) is 1. The number of hydrogen-bond donors (Lipinski definition) is 2. The molecule has 4 aromatic rings. The van der Waals surface area contributed by atoms with E-state index in [1.807, 2.05) is 13.8 Å². The van der Waals surface area contributed by atoms with Crippen LogP contribution in [0, 0.1) is 12.7 Å². The van der Waals surface area contributed by atoms with Crippen molar-refractivity contribution in [2.24, 2.45) is 5.84 Å².